The van der Waals surface area contributed by atoms with Crippen molar-refractivity contribution in [3.63, 3.8) is 0 Å². The van der Waals surface area contributed by atoms with E-state index in [1.54, 1.807) is 12.1 Å². The van der Waals surface area contributed by atoms with Crippen LogP contribution in [0.1, 0.15) is 15.9 Å². The molecule has 5 aromatic carbocycles. The van der Waals surface area contributed by atoms with Gasteiger partial charge in [-0.1, -0.05) is 115 Å². The van der Waals surface area contributed by atoms with Gasteiger partial charge in [-0.2, -0.15) is 0 Å². The maximum absolute atomic E-state index is 10.0. The van der Waals surface area contributed by atoms with Crippen LogP contribution in [0.2, 0.25) is 0 Å². The van der Waals surface area contributed by atoms with Crippen molar-refractivity contribution >= 4 is 38.9 Å². The normalized spacial score (nSPS) is 10.8. The number of nitrogens with zero attached hydrogens (tertiary/aromatic N) is 1. The fourth-order valence-electron chi connectivity index (χ4n) is 4.28. The lowest BCUT2D eigenvalue weighted by molar-refractivity contribution is 0.112. The molecule has 0 saturated heterocycles. The predicted octanol–water partition coefficient (Wildman–Crippen LogP) is 7.50. The Bertz CT molecular complexity index is 1500. The van der Waals surface area contributed by atoms with Gasteiger partial charge < -0.3 is 4.57 Å². The second-order valence-corrected chi connectivity index (χ2v) is 7.80. The third-order valence-corrected chi connectivity index (χ3v) is 5.77. The third-order valence-electron chi connectivity index (χ3n) is 5.77. The van der Waals surface area contributed by atoms with Gasteiger partial charge in [0.2, 0.25) is 0 Å². The first-order chi connectivity index (χ1) is 15.8. The van der Waals surface area contributed by atoms with Gasteiger partial charge in [-0.05, 0) is 17.0 Å². The Morgan fingerprint density at radius 1 is 0.562 bits per heavy atom. The molecular weight excluding hydrogens is 390 g/mol. The maximum Gasteiger partial charge on any atom is 0.150 e. The fraction of sp³-hybridized carbons (Fsp3) is 0.0333. The maximum atomic E-state index is 10.0. The molecule has 154 valence electrons. The standard InChI is InChI=1S/C23H17N.C7H6O/c1-2-8-17(9-3-1)16-24-22-13-7-6-12-20(22)21-15-14-18-10-4-5-11-19(18)23(21)24;8-6-7-4-2-1-3-5-7/h1-15H,16H2;1-6H. The van der Waals surface area contributed by atoms with E-state index in [2.05, 4.69) is 95.6 Å². The summed E-state index contributed by atoms with van der Waals surface area (Å²) in [6, 6.07) is 41.7. The van der Waals surface area contributed by atoms with E-state index in [0.29, 0.717) is 0 Å². The monoisotopic (exact) mass is 413 g/mol. The first-order valence-corrected chi connectivity index (χ1v) is 10.8. The summed E-state index contributed by atoms with van der Waals surface area (Å²) in [7, 11) is 0. The Morgan fingerprint density at radius 2 is 1.19 bits per heavy atom. The summed E-state index contributed by atoms with van der Waals surface area (Å²) < 4.78 is 2.46. The second-order valence-electron chi connectivity index (χ2n) is 7.80. The van der Waals surface area contributed by atoms with E-state index in [-0.39, 0.29) is 0 Å². The Hall–Kier alpha value is -4.17. The van der Waals surface area contributed by atoms with Crippen molar-refractivity contribution in [1.82, 2.24) is 4.57 Å². The minimum atomic E-state index is 0.729. The van der Waals surface area contributed by atoms with Crippen LogP contribution in [0.4, 0.5) is 0 Å². The van der Waals surface area contributed by atoms with Crippen LogP contribution in [0.5, 0.6) is 0 Å². The second kappa shape index (κ2) is 8.91. The SMILES string of the molecule is O=Cc1ccccc1.c1ccc(Cn2c3ccccc3c3ccc4ccccc4c32)cc1. The molecule has 0 unspecified atom stereocenters. The molecule has 0 amide bonds. The number of carbonyl (C=O) groups excluding carboxylic acids is 1. The van der Waals surface area contributed by atoms with Gasteiger partial charge in [0.25, 0.3) is 0 Å². The minimum absolute atomic E-state index is 0.729. The van der Waals surface area contributed by atoms with Crippen LogP contribution in [0.3, 0.4) is 0 Å². The topological polar surface area (TPSA) is 22.0 Å². The molecule has 0 saturated carbocycles. The molecule has 6 aromatic rings. The van der Waals surface area contributed by atoms with Gasteiger partial charge in [-0.25, -0.2) is 0 Å². The van der Waals surface area contributed by atoms with Gasteiger partial charge in [-0.3, -0.25) is 4.79 Å². The fourth-order valence-corrected chi connectivity index (χ4v) is 4.28. The molecular formula is C30H23NO. The summed E-state index contributed by atoms with van der Waals surface area (Å²) in [6.07, 6.45) is 0.833. The van der Waals surface area contributed by atoms with Crippen LogP contribution in [0.15, 0.2) is 121 Å². The van der Waals surface area contributed by atoms with Crippen molar-refractivity contribution in [3.05, 3.63) is 132 Å². The summed E-state index contributed by atoms with van der Waals surface area (Å²) in [4.78, 5) is 10.0. The van der Waals surface area contributed by atoms with Gasteiger partial charge >= 0.3 is 0 Å². The third kappa shape index (κ3) is 3.79. The summed E-state index contributed by atoms with van der Waals surface area (Å²) in [6.45, 7) is 0.888. The summed E-state index contributed by atoms with van der Waals surface area (Å²) >= 11 is 0. The summed E-state index contributed by atoms with van der Waals surface area (Å²) in [5.74, 6) is 0. The minimum Gasteiger partial charge on any atom is -0.335 e. The van der Waals surface area contributed by atoms with E-state index >= 15 is 0 Å². The molecule has 1 aromatic heterocycles. The molecule has 6 rings (SSSR count). The number of hydrogen-bond acceptors (Lipinski definition) is 1. The number of rotatable bonds is 3. The summed E-state index contributed by atoms with van der Waals surface area (Å²) in [5, 5.41) is 5.28. The molecule has 0 aliphatic rings. The number of carbonyl (C=O) groups is 1. The largest absolute Gasteiger partial charge is 0.335 e. The van der Waals surface area contributed by atoms with Crippen molar-refractivity contribution in [2.24, 2.45) is 0 Å². The molecule has 0 N–H and O–H groups in total. The van der Waals surface area contributed by atoms with Crippen molar-refractivity contribution in [1.29, 1.82) is 0 Å². The molecule has 0 fully saturated rings. The Balaban J connectivity index is 0.000000230. The van der Waals surface area contributed by atoms with E-state index in [4.69, 9.17) is 0 Å². The Kier molecular flexibility index (Phi) is 5.50. The number of aldehydes is 1. The number of para-hydroxylation sites is 1. The van der Waals surface area contributed by atoms with Gasteiger partial charge in [-0.15, -0.1) is 0 Å². The van der Waals surface area contributed by atoms with Gasteiger partial charge in [0.1, 0.15) is 6.29 Å². The van der Waals surface area contributed by atoms with Gasteiger partial charge in [0.05, 0.1) is 5.52 Å². The van der Waals surface area contributed by atoms with Gasteiger partial charge in [0.15, 0.2) is 0 Å². The zero-order valence-corrected chi connectivity index (χ0v) is 17.7. The van der Waals surface area contributed by atoms with E-state index in [1.165, 1.54) is 38.1 Å². The predicted molar refractivity (Wildman–Crippen MR) is 134 cm³/mol. The molecule has 0 aliphatic carbocycles. The lowest BCUT2D eigenvalue weighted by Crippen LogP contribution is -1.99. The highest BCUT2D eigenvalue weighted by atomic mass is 16.1. The van der Waals surface area contributed by atoms with Crippen LogP contribution in [-0.4, -0.2) is 10.9 Å². The molecule has 0 radical (unpaired) electrons. The average molecular weight is 414 g/mol. The highest BCUT2D eigenvalue weighted by Gasteiger charge is 2.13. The zero-order chi connectivity index (χ0) is 21.8. The molecule has 2 nitrogen and oxygen atoms in total. The number of aromatic nitrogens is 1. The van der Waals surface area contributed by atoms with Crippen LogP contribution >= 0.6 is 0 Å². The van der Waals surface area contributed by atoms with E-state index in [0.717, 1.165) is 18.4 Å². The van der Waals surface area contributed by atoms with Crippen LogP contribution in [0, 0.1) is 0 Å². The smallest absolute Gasteiger partial charge is 0.150 e. The zero-order valence-electron chi connectivity index (χ0n) is 17.7. The lowest BCUT2D eigenvalue weighted by Gasteiger charge is -2.09. The number of fused-ring (bicyclic) bond motifs is 5. The average Bonchev–Trinajstić information content (AvgIpc) is 3.19. The lowest BCUT2D eigenvalue weighted by atomic mass is 10.1. The summed E-state index contributed by atoms with van der Waals surface area (Å²) in [5.41, 5.74) is 4.69. The molecule has 0 atom stereocenters. The first-order valence-electron chi connectivity index (χ1n) is 10.8. The molecule has 32 heavy (non-hydrogen) atoms. The molecule has 2 heteroatoms. The molecule has 1 heterocycles. The van der Waals surface area contributed by atoms with E-state index < -0.39 is 0 Å². The molecule has 0 aliphatic heterocycles. The number of benzene rings is 5. The van der Waals surface area contributed by atoms with Crippen LogP contribution in [-0.2, 0) is 6.54 Å². The quantitative estimate of drug-likeness (QED) is 0.275. The Morgan fingerprint density at radius 3 is 1.91 bits per heavy atom. The molecule has 0 spiro atoms. The van der Waals surface area contributed by atoms with Crippen LogP contribution < -0.4 is 0 Å². The Labute approximate surface area is 187 Å². The first kappa shape index (κ1) is 19.8. The van der Waals surface area contributed by atoms with Crippen LogP contribution in [0.25, 0.3) is 32.6 Å². The van der Waals surface area contributed by atoms with Crippen molar-refractivity contribution in [3.8, 4) is 0 Å². The number of hydrogen-bond donors (Lipinski definition) is 0. The van der Waals surface area contributed by atoms with E-state index in [1.807, 2.05) is 18.2 Å². The van der Waals surface area contributed by atoms with Gasteiger partial charge in [0, 0.05) is 33.8 Å². The highest BCUT2D eigenvalue weighted by molar-refractivity contribution is 6.17. The highest BCUT2D eigenvalue weighted by Crippen LogP contribution is 2.34. The van der Waals surface area contributed by atoms with E-state index in [9.17, 15) is 4.79 Å². The molecule has 0 bridgehead atoms. The van der Waals surface area contributed by atoms with Crippen molar-refractivity contribution < 1.29 is 4.79 Å². The van der Waals surface area contributed by atoms with Crippen molar-refractivity contribution in [2.75, 3.05) is 0 Å². The van der Waals surface area contributed by atoms with Crippen molar-refractivity contribution in [2.45, 2.75) is 6.54 Å².